The number of anilines is 4. The van der Waals surface area contributed by atoms with Crippen molar-refractivity contribution >= 4 is 63.8 Å². The van der Waals surface area contributed by atoms with Gasteiger partial charge in [0.15, 0.2) is 5.71 Å². The fourth-order valence-electron chi connectivity index (χ4n) is 10.6. The number of allylic oxidation sites excluding steroid dienone is 6. The lowest BCUT2D eigenvalue weighted by molar-refractivity contribution is -0.401. The van der Waals surface area contributed by atoms with E-state index in [4.69, 9.17) is 19.8 Å². The summed E-state index contributed by atoms with van der Waals surface area (Å²) < 4.78 is 65.6. The van der Waals surface area contributed by atoms with Crippen LogP contribution in [0.25, 0.3) is 0 Å². The predicted molar refractivity (Wildman–Crippen MR) is 291 cm³/mol. The van der Waals surface area contributed by atoms with Gasteiger partial charge >= 0.3 is 18.3 Å². The van der Waals surface area contributed by atoms with Crippen molar-refractivity contribution in [3.63, 3.8) is 0 Å². The number of piperidine rings is 1. The van der Waals surface area contributed by atoms with Crippen LogP contribution < -0.4 is 25.5 Å². The Labute approximate surface area is 457 Å². The van der Waals surface area contributed by atoms with E-state index in [0.717, 1.165) is 77.5 Å². The number of para-hydroxylation sites is 5. The van der Waals surface area contributed by atoms with Crippen molar-refractivity contribution in [3.8, 4) is 0 Å². The number of fused-ring (bicyclic) bond motifs is 4. The molecule has 4 aromatic rings. The van der Waals surface area contributed by atoms with Crippen molar-refractivity contribution in [2.24, 2.45) is 5.92 Å². The maximum absolute atomic E-state index is 13.9. The first-order valence-electron chi connectivity index (χ1n) is 26.4. The highest BCUT2D eigenvalue weighted by atomic mass is 19.4. The van der Waals surface area contributed by atoms with Gasteiger partial charge < -0.3 is 30.5 Å². The largest absolute Gasteiger partial charge is 0.542 e. The van der Waals surface area contributed by atoms with Crippen molar-refractivity contribution in [3.05, 3.63) is 150 Å². The maximum Gasteiger partial charge on any atom is 0.490 e. The third kappa shape index (κ3) is 15.4. The molecule has 0 saturated carbocycles. The average Bonchev–Trinajstić information content (AvgIpc) is 3.88. The van der Waals surface area contributed by atoms with Gasteiger partial charge in [-0.05, 0) is 107 Å². The predicted octanol–water partition coefficient (Wildman–Crippen LogP) is 10.9. The summed E-state index contributed by atoms with van der Waals surface area (Å²) >= 11 is 0. The number of alkyl halides is 6. The van der Waals surface area contributed by atoms with Crippen molar-refractivity contribution in [2.45, 2.75) is 109 Å². The summed E-state index contributed by atoms with van der Waals surface area (Å²) in [7, 11) is 2.16. The third-order valence-electron chi connectivity index (χ3n) is 14.7. The number of amides is 3. The van der Waals surface area contributed by atoms with Crippen LogP contribution in [0.4, 0.5) is 54.8 Å². The standard InChI is InChI=1S/C56H66N6O3.2C2HF3O2/c1-55(2)43-24-12-16-28-47(43)59(5)50(55)31-8-6-9-32-51-56(3,4)44-25-13-17-29-48(44)61(51)37-21-7-10-33-52(63)57-36-20-19-22-41-34-38-60(39-35-41)40-53(64)62-46-27-15-11-23-42(46)54(65)58-45-26-14-18-30-49(45)62;2*3-2(4,5)1(6)7/h6,8-9,11-18,23-32,41H,7,10,19-22,33-40H2,1-5H3,(H-,57,58,63,65);2*(H,6,7). The molecule has 0 spiro atoms. The molecule has 8 rings (SSSR count). The number of carbonyl (C=O) groups is 5. The summed E-state index contributed by atoms with van der Waals surface area (Å²) in [5.74, 6) is -5.22. The molecule has 3 N–H and O–H groups in total. The summed E-state index contributed by atoms with van der Waals surface area (Å²) in [5, 5.41) is 22.1. The molecule has 4 aliphatic rings. The van der Waals surface area contributed by atoms with E-state index in [-0.39, 0.29) is 28.6 Å². The number of rotatable bonds is 16. The highest BCUT2D eigenvalue weighted by Gasteiger charge is 2.43. The number of nitrogens with one attached hydrogen (secondary N) is 2. The molecule has 79 heavy (non-hydrogen) atoms. The summed E-state index contributed by atoms with van der Waals surface area (Å²) in [6, 6.07) is 32.3. The first-order valence-corrected chi connectivity index (χ1v) is 26.4. The third-order valence-corrected chi connectivity index (χ3v) is 14.7. The number of halogens is 6. The van der Waals surface area contributed by atoms with E-state index in [2.05, 4.69) is 139 Å². The zero-order valence-corrected chi connectivity index (χ0v) is 45.1. The number of unbranched alkanes of at least 4 members (excludes halogenated alkanes) is 3. The van der Waals surface area contributed by atoms with Crippen LogP contribution in [0.15, 0.2) is 133 Å². The van der Waals surface area contributed by atoms with E-state index in [9.17, 15) is 40.7 Å². The van der Waals surface area contributed by atoms with E-state index >= 15 is 0 Å². The lowest BCUT2D eigenvalue weighted by atomic mass is 9.81. The molecular weight excluding hydrogens is 1030 g/mol. The summed E-state index contributed by atoms with van der Waals surface area (Å²) in [6.45, 7) is 12.9. The van der Waals surface area contributed by atoms with Gasteiger partial charge in [-0.2, -0.15) is 30.9 Å². The van der Waals surface area contributed by atoms with Crippen molar-refractivity contribution in [1.29, 1.82) is 0 Å². The fourth-order valence-corrected chi connectivity index (χ4v) is 10.6. The Morgan fingerprint density at radius 2 is 1.34 bits per heavy atom. The zero-order valence-electron chi connectivity index (χ0n) is 45.1. The summed E-state index contributed by atoms with van der Waals surface area (Å²) in [6.07, 6.45) is 9.55. The molecule has 0 aliphatic carbocycles. The number of nitrogens with zero attached hydrogens (tertiary/aromatic N) is 4. The van der Waals surface area contributed by atoms with Gasteiger partial charge in [-0.25, -0.2) is 4.79 Å². The first-order chi connectivity index (χ1) is 37.3. The molecule has 0 bridgehead atoms. The van der Waals surface area contributed by atoms with Crippen LogP contribution in [-0.4, -0.2) is 102 Å². The van der Waals surface area contributed by atoms with Gasteiger partial charge in [0, 0.05) is 54.0 Å². The van der Waals surface area contributed by atoms with Crippen LogP contribution in [-0.2, 0) is 30.0 Å². The van der Waals surface area contributed by atoms with Crippen LogP contribution in [0, 0.1) is 5.92 Å². The number of carboxylic acids is 2. The Kier molecular flexibility index (Phi) is 20.3. The van der Waals surface area contributed by atoms with Crippen molar-refractivity contribution in [1.82, 2.24) is 10.2 Å². The molecule has 0 radical (unpaired) electrons. The monoisotopic (exact) mass is 1100 g/mol. The van der Waals surface area contributed by atoms with Gasteiger partial charge in [-0.1, -0.05) is 112 Å². The van der Waals surface area contributed by atoms with Crippen molar-refractivity contribution < 1.29 is 65.1 Å². The minimum absolute atomic E-state index is 0.0328. The number of benzene rings is 4. The molecule has 1 saturated heterocycles. The molecule has 1 fully saturated rings. The minimum Gasteiger partial charge on any atom is -0.542 e. The average molecular weight is 1100 g/mol. The Bertz CT molecular complexity index is 2950. The SMILES string of the molecule is C[N+]1=C(/C=C/C=C/C=C2/N(CCCCCC(=O)NCCCCC3CCN(CC(=O)N4c5ccccc5NC(=O)c5ccccc54)CC3)c3ccccc3C2(C)C)C(C)(C)c2ccccc21.O=C(O)C(F)(F)F.O=C([O-])C(F)(F)F. The number of hydrogen-bond acceptors (Lipinski definition) is 8. The molecule has 4 heterocycles. The second-order valence-electron chi connectivity index (χ2n) is 20.9. The molecule has 4 aromatic carbocycles. The second-order valence-corrected chi connectivity index (χ2v) is 20.9. The van der Waals surface area contributed by atoms with Crippen molar-refractivity contribution in [2.75, 3.05) is 54.9 Å². The molecule has 13 nitrogen and oxygen atoms in total. The van der Waals surface area contributed by atoms with Crippen LogP contribution in [0.5, 0.6) is 0 Å². The van der Waals surface area contributed by atoms with Gasteiger partial charge in [-0.3, -0.25) is 24.2 Å². The molecule has 0 unspecified atom stereocenters. The Hall–Kier alpha value is -7.54. The molecule has 0 atom stereocenters. The Morgan fingerprint density at radius 1 is 0.747 bits per heavy atom. The maximum atomic E-state index is 13.9. The number of hydrogen-bond donors (Lipinski definition) is 3. The topological polar surface area (TPSA) is 165 Å². The van der Waals surface area contributed by atoms with Crippen LogP contribution in [0.1, 0.15) is 107 Å². The van der Waals surface area contributed by atoms with E-state index in [1.807, 2.05) is 42.5 Å². The Balaban J connectivity index is 0.000000637. The molecule has 422 valence electrons. The number of likely N-dealkylation sites (tertiary alicyclic amines) is 1. The highest BCUT2D eigenvalue weighted by Crippen LogP contribution is 2.48. The van der Waals surface area contributed by atoms with E-state index < -0.39 is 24.3 Å². The van der Waals surface area contributed by atoms with E-state index in [0.29, 0.717) is 41.5 Å². The van der Waals surface area contributed by atoms with Gasteiger partial charge in [0.05, 0.1) is 34.6 Å². The summed E-state index contributed by atoms with van der Waals surface area (Å²) in [4.78, 5) is 63.8. The molecule has 3 amide bonds. The fraction of sp³-hybridized carbons (Fsp3) is 0.400. The molecule has 0 aromatic heterocycles. The zero-order chi connectivity index (χ0) is 57.7. The number of carbonyl (C=O) groups excluding carboxylic acids is 4. The minimum atomic E-state index is -5.19. The van der Waals surface area contributed by atoms with E-state index in [1.165, 1.54) is 33.9 Å². The second kappa shape index (κ2) is 26.4. The quantitative estimate of drug-likeness (QED) is 0.0428. The molecular formula is C60H68F6N6O7. The van der Waals surface area contributed by atoms with Crippen LogP contribution in [0.3, 0.4) is 0 Å². The highest BCUT2D eigenvalue weighted by molar-refractivity contribution is 6.18. The van der Waals surface area contributed by atoms with Crippen LogP contribution >= 0.6 is 0 Å². The normalized spacial score (nSPS) is 17.2. The lowest BCUT2D eigenvalue weighted by Gasteiger charge is -2.33. The lowest BCUT2D eigenvalue weighted by Crippen LogP contribution is -2.42. The van der Waals surface area contributed by atoms with Gasteiger partial charge in [0.2, 0.25) is 17.5 Å². The number of carboxylic acid groups (broad SMARTS) is 2. The van der Waals surface area contributed by atoms with Gasteiger partial charge in [0.25, 0.3) is 5.91 Å². The van der Waals surface area contributed by atoms with Crippen LogP contribution in [0.2, 0.25) is 0 Å². The molecule has 19 heteroatoms. The molecule has 4 aliphatic heterocycles. The Morgan fingerprint density at radius 3 is 1.99 bits per heavy atom. The van der Waals surface area contributed by atoms with Gasteiger partial charge in [0.1, 0.15) is 13.0 Å². The van der Waals surface area contributed by atoms with Gasteiger partial charge in [-0.15, -0.1) is 0 Å². The first kappa shape index (κ1) is 60.7. The number of aliphatic carboxylic acids is 2. The van der Waals surface area contributed by atoms with E-state index in [1.54, 1.807) is 11.0 Å². The smallest absolute Gasteiger partial charge is 0.490 e. The summed E-state index contributed by atoms with van der Waals surface area (Å²) in [5.41, 5.74) is 10.2.